The number of nitrogens with zero attached hydrogens (tertiary/aromatic N) is 2. The predicted octanol–water partition coefficient (Wildman–Crippen LogP) is 6.41. The second kappa shape index (κ2) is 12.7. The summed E-state index contributed by atoms with van der Waals surface area (Å²) in [6, 6.07) is 14.5. The summed E-state index contributed by atoms with van der Waals surface area (Å²) in [5, 5.41) is 2.76. The summed E-state index contributed by atoms with van der Waals surface area (Å²) in [6.45, 7) is 7.63. The highest BCUT2D eigenvalue weighted by molar-refractivity contribution is 7.10. The maximum absolute atomic E-state index is 13.8. The van der Waals surface area contributed by atoms with E-state index in [4.69, 9.17) is 21.1 Å². The van der Waals surface area contributed by atoms with Crippen LogP contribution in [0.3, 0.4) is 0 Å². The molecule has 3 aromatic rings. The molecule has 0 saturated heterocycles. The van der Waals surface area contributed by atoms with Gasteiger partial charge in [0.05, 0.1) is 13.2 Å². The molecule has 1 aromatic heterocycles. The number of fused-ring (bicyclic) bond motifs is 1. The van der Waals surface area contributed by atoms with Crippen LogP contribution in [0, 0.1) is 12.8 Å². The van der Waals surface area contributed by atoms with E-state index in [9.17, 15) is 9.59 Å². The Bertz CT molecular complexity index is 1260. The molecule has 1 atom stereocenters. The van der Waals surface area contributed by atoms with Crippen LogP contribution in [0.4, 0.5) is 0 Å². The number of rotatable bonds is 10. The van der Waals surface area contributed by atoms with Crippen molar-refractivity contribution in [3.63, 3.8) is 0 Å². The van der Waals surface area contributed by atoms with Crippen LogP contribution in [0.1, 0.15) is 52.7 Å². The third-order valence-electron chi connectivity index (χ3n) is 6.88. The minimum Gasteiger partial charge on any atom is -0.497 e. The summed E-state index contributed by atoms with van der Waals surface area (Å²) in [5.74, 6) is 1.58. The fourth-order valence-corrected chi connectivity index (χ4v) is 5.64. The Kier molecular flexibility index (Phi) is 9.34. The maximum Gasteiger partial charge on any atom is 0.254 e. The normalized spacial score (nSPS) is 14.8. The molecule has 0 spiro atoms. The second-order valence-corrected chi connectivity index (χ2v) is 11.4. The van der Waals surface area contributed by atoms with Crippen molar-refractivity contribution in [2.75, 3.05) is 33.4 Å². The molecule has 4 rings (SSSR count). The van der Waals surface area contributed by atoms with Gasteiger partial charge in [-0.1, -0.05) is 25.4 Å². The number of ether oxygens (including phenoxy) is 2. The molecule has 8 heteroatoms. The lowest BCUT2D eigenvalue weighted by Crippen LogP contribution is -2.48. The van der Waals surface area contributed by atoms with E-state index < -0.39 is 0 Å². The summed E-state index contributed by atoms with van der Waals surface area (Å²) in [7, 11) is 1.59. The van der Waals surface area contributed by atoms with Crippen molar-refractivity contribution in [2.45, 2.75) is 39.7 Å². The van der Waals surface area contributed by atoms with Crippen molar-refractivity contribution in [3.05, 3.63) is 80.5 Å². The second-order valence-electron chi connectivity index (χ2n) is 10.0. The zero-order valence-corrected chi connectivity index (χ0v) is 24.0. The average Bonchev–Trinajstić information content (AvgIpc) is 3.40. The summed E-state index contributed by atoms with van der Waals surface area (Å²) in [4.78, 5) is 32.1. The molecule has 202 valence electrons. The molecular weight excluding hydrogens is 520 g/mol. The summed E-state index contributed by atoms with van der Waals surface area (Å²) >= 11 is 7.89. The van der Waals surface area contributed by atoms with E-state index in [1.54, 1.807) is 47.6 Å². The van der Waals surface area contributed by atoms with E-state index in [1.807, 2.05) is 30.0 Å². The van der Waals surface area contributed by atoms with Crippen LogP contribution in [0.5, 0.6) is 11.5 Å². The van der Waals surface area contributed by atoms with Gasteiger partial charge in [0, 0.05) is 28.6 Å². The van der Waals surface area contributed by atoms with Crippen LogP contribution in [-0.4, -0.2) is 55.0 Å². The van der Waals surface area contributed by atoms with Gasteiger partial charge in [-0.15, -0.1) is 11.3 Å². The van der Waals surface area contributed by atoms with E-state index in [1.165, 1.54) is 4.88 Å². The average molecular weight is 555 g/mol. The minimum absolute atomic E-state index is 0.0214. The number of benzene rings is 2. The van der Waals surface area contributed by atoms with Gasteiger partial charge in [0.2, 0.25) is 5.91 Å². The van der Waals surface area contributed by atoms with Crippen LogP contribution in [0.15, 0.2) is 53.9 Å². The van der Waals surface area contributed by atoms with Crippen molar-refractivity contribution in [3.8, 4) is 11.5 Å². The molecule has 2 heterocycles. The van der Waals surface area contributed by atoms with Crippen molar-refractivity contribution in [1.82, 2.24) is 9.80 Å². The number of aryl methyl sites for hydroxylation is 1. The lowest BCUT2D eigenvalue weighted by atomic mass is 10.00. The molecule has 0 N–H and O–H groups in total. The van der Waals surface area contributed by atoms with E-state index in [-0.39, 0.29) is 24.4 Å². The van der Waals surface area contributed by atoms with Crippen molar-refractivity contribution in [2.24, 2.45) is 5.92 Å². The quantitative estimate of drug-likeness (QED) is 0.290. The third kappa shape index (κ3) is 6.69. The zero-order chi connectivity index (χ0) is 27.2. The minimum atomic E-state index is -0.225. The van der Waals surface area contributed by atoms with Gasteiger partial charge < -0.3 is 19.3 Å². The number of amides is 2. The molecule has 0 saturated carbocycles. The molecule has 0 radical (unpaired) electrons. The Hall–Kier alpha value is -3.03. The lowest BCUT2D eigenvalue weighted by Gasteiger charge is -2.37. The molecule has 2 amide bonds. The van der Waals surface area contributed by atoms with E-state index >= 15 is 0 Å². The topological polar surface area (TPSA) is 59.1 Å². The summed E-state index contributed by atoms with van der Waals surface area (Å²) < 4.78 is 11.4. The molecule has 2 aromatic carbocycles. The molecule has 1 aliphatic heterocycles. The maximum atomic E-state index is 13.8. The van der Waals surface area contributed by atoms with Gasteiger partial charge in [-0.25, -0.2) is 0 Å². The van der Waals surface area contributed by atoms with Gasteiger partial charge >= 0.3 is 0 Å². The van der Waals surface area contributed by atoms with E-state index in [0.29, 0.717) is 41.9 Å². The fraction of sp³-hybridized carbons (Fsp3) is 0.400. The first kappa shape index (κ1) is 28.0. The predicted molar refractivity (Wildman–Crippen MR) is 153 cm³/mol. The van der Waals surface area contributed by atoms with Gasteiger partial charge in [0.1, 0.15) is 24.7 Å². The van der Waals surface area contributed by atoms with E-state index in [0.717, 1.165) is 29.7 Å². The Morgan fingerprint density at radius 3 is 2.55 bits per heavy atom. The highest BCUT2D eigenvalue weighted by Crippen LogP contribution is 2.34. The Morgan fingerprint density at radius 1 is 1.13 bits per heavy atom. The van der Waals surface area contributed by atoms with Gasteiger partial charge in [-0.3, -0.25) is 9.59 Å². The van der Waals surface area contributed by atoms with Gasteiger partial charge in [0.25, 0.3) is 5.91 Å². The molecule has 0 aliphatic carbocycles. The standard InChI is InChI=1S/C30H35ClN2O4S/c1-20(2)11-14-32(30(35)22-5-7-23(36-4)8-6-22)18-29(34)33-15-12-28-25(13-16-38-28)27(33)19-37-24-9-10-26(31)21(3)17-24/h5-10,13,16-17,20,27H,11-12,14-15,18-19H2,1-4H3. The molecule has 38 heavy (non-hydrogen) atoms. The number of thiophene rings is 1. The smallest absolute Gasteiger partial charge is 0.254 e. The van der Waals surface area contributed by atoms with Crippen LogP contribution >= 0.6 is 22.9 Å². The number of halogens is 1. The lowest BCUT2D eigenvalue weighted by molar-refractivity contribution is -0.135. The highest BCUT2D eigenvalue weighted by atomic mass is 35.5. The first-order valence-electron chi connectivity index (χ1n) is 12.9. The molecule has 0 fully saturated rings. The van der Waals surface area contributed by atoms with Crippen LogP contribution in [-0.2, 0) is 11.2 Å². The van der Waals surface area contributed by atoms with Gasteiger partial charge in [-0.05, 0) is 90.7 Å². The van der Waals surface area contributed by atoms with E-state index in [2.05, 4.69) is 25.3 Å². The number of hydrogen-bond donors (Lipinski definition) is 0. The largest absolute Gasteiger partial charge is 0.497 e. The number of hydrogen-bond acceptors (Lipinski definition) is 5. The van der Waals surface area contributed by atoms with Gasteiger partial charge in [-0.2, -0.15) is 0 Å². The number of methoxy groups -OCH3 is 1. The van der Waals surface area contributed by atoms with Crippen molar-refractivity contribution >= 4 is 34.8 Å². The van der Waals surface area contributed by atoms with Crippen molar-refractivity contribution < 1.29 is 19.1 Å². The SMILES string of the molecule is COc1ccc(C(=O)N(CCC(C)C)CC(=O)N2CCc3sccc3C2COc2ccc(Cl)c(C)c2)cc1. The summed E-state index contributed by atoms with van der Waals surface area (Å²) in [6.07, 6.45) is 1.61. The molecule has 0 bridgehead atoms. The third-order valence-corrected chi connectivity index (χ3v) is 8.30. The van der Waals surface area contributed by atoms with Crippen LogP contribution in [0.2, 0.25) is 5.02 Å². The Labute approximate surface area is 234 Å². The Balaban J connectivity index is 1.53. The Morgan fingerprint density at radius 2 is 1.87 bits per heavy atom. The zero-order valence-electron chi connectivity index (χ0n) is 22.4. The first-order valence-corrected chi connectivity index (χ1v) is 14.2. The molecule has 6 nitrogen and oxygen atoms in total. The number of carbonyl (C=O) groups is 2. The first-order chi connectivity index (χ1) is 18.3. The van der Waals surface area contributed by atoms with Gasteiger partial charge in [0.15, 0.2) is 0 Å². The van der Waals surface area contributed by atoms with Crippen molar-refractivity contribution in [1.29, 1.82) is 0 Å². The fourth-order valence-electron chi connectivity index (χ4n) is 4.59. The molecule has 1 unspecified atom stereocenters. The molecule has 1 aliphatic rings. The highest BCUT2D eigenvalue weighted by Gasteiger charge is 2.33. The molecular formula is C30H35ClN2O4S. The van der Waals surface area contributed by atoms with Crippen LogP contribution in [0.25, 0.3) is 0 Å². The number of carbonyl (C=O) groups excluding carboxylic acids is 2. The van der Waals surface area contributed by atoms with Crippen LogP contribution < -0.4 is 9.47 Å². The monoisotopic (exact) mass is 554 g/mol. The summed E-state index contributed by atoms with van der Waals surface area (Å²) in [5.41, 5.74) is 2.60.